The second kappa shape index (κ2) is 2.90. The summed E-state index contributed by atoms with van der Waals surface area (Å²) in [5.41, 5.74) is 0. The zero-order chi connectivity index (χ0) is 7.61. The van der Waals surface area contributed by atoms with Crippen LogP contribution in [0.1, 0.15) is 0 Å². The minimum Gasteiger partial charge on any atom is -0.379 e. The van der Waals surface area contributed by atoms with E-state index in [1.165, 1.54) is 0 Å². The van der Waals surface area contributed by atoms with Crippen molar-refractivity contribution in [3.05, 3.63) is 0 Å². The lowest BCUT2D eigenvalue weighted by atomic mass is 10.5. The fourth-order valence-electron chi connectivity index (χ4n) is 0.933. The molecule has 3 nitrogen and oxygen atoms in total. The van der Waals surface area contributed by atoms with E-state index in [-0.39, 0.29) is 0 Å². The van der Waals surface area contributed by atoms with Gasteiger partial charge in [-0.3, -0.25) is 4.21 Å². The van der Waals surface area contributed by atoms with Crippen LogP contribution in [0.5, 0.6) is 0 Å². The Morgan fingerprint density at radius 2 is 2.00 bits per heavy atom. The van der Waals surface area contributed by atoms with Crippen LogP contribution in [-0.4, -0.2) is 46.9 Å². The van der Waals surface area contributed by atoms with Crippen LogP contribution in [-0.2, 0) is 14.4 Å². The molecule has 0 spiro atoms. The van der Waals surface area contributed by atoms with Crippen molar-refractivity contribution in [2.75, 3.05) is 32.6 Å². The minimum atomic E-state index is -1.97. The lowest BCUT2D eigenvalue weighted by Gasteiger charge is -2.27. The maximum Gasteiger partial charge on any atom is 0.0604 e. The highest BCUT2D eigenvalue weighted by atomic mass is 32.2. The predicted octanol–water partition coefficient (Wildman–Crippen LogP) is -0.420. The summed E-state index contributed by atoms with van der Waals surface area (Å²) in [5, 5.41) is 0. The van der Waals surface area contributed by atoms with Gasteiger partial charge in [0.2, 0.25) is 0 Å². The van der Waals surface area contributed by atoms with Gasteiger partial charge < -0.3 is 4.74 Å². The topological polar surface area (TPSA) is 29.5 Å². The Balaban J connectivity index is 2.56. The number of ether oxygens (including phenoxy) is 1. The molecule has 0 saturated carbocycles. The van der Waals surface area contributed by atoms with E-state index >= 15 is 0 Å². The molecule has 0 aromatic carbocycles. The molecular formula is C6H13NO2S. The lowest BCUT2D eigenvalue weighted by molar-refractivity contribution is 0.0751. The van der Waals surface area contributed by atoms with Crippen LogP contribution in [0.4, 0.5) is 0 Å². The SMILES string of the molecule is C=S(C)(=O)N1CCOCC1. The van der Waals surface area contributed by atoms with E-state index in [1.807, 2.05) is 4.31 Å². The molecule has 0 aromatic heterocycles. The summed E-state index contributed by atoms with van der Waals surface area (Å²) in [7, 11) is -1.97. The molecule has 1 aliphatic rings. The molecule has 0 radical (unpaired) electrons. The molecule has 0 N–H and O–H groups in total. The second-order valence-electron chi connectivity index (χ2n) is 2.50. The monoisotopic (exact) mass is 163 g/mol. The Hall–Kier alpha value is -0.0600. The molecule has 0 bridgehead atoms. The van der Waals surface area contributed by atoms with Crippen LogP contribution >= 0.6 is 0 Å². The van der Waals surface area contributed by atoms with Crippen molar-refractivity contribution in [2.45, 2.75) is 0 Å². The van der Waals surface area contributed by atoms with Crippen LogP contribution in [0.15, 0.2) is 0 Å². The summed E-state index contributed by atoms with van der Waals surface area (Å²) in [6, 6.07) is 0. The molecule has 1 saturated heterocycles. The molecule has 0 amide bonds. The van der Waals surface area contributed by atoms with Crippen molar-refractivity contribution in [2.24, 2.45) is 0 Å². The largest absolute Gasteiger partial charge is 0.379 e. The predicted molar refractivity (Wildman–Crippen MR) is 43.6 cm³/mol. The van der Waals surface area contributed by atoms with E-state index in [1.54, 1.807) is 6.26 Å². The first kappa shape index (κ1) is 8.04. The Morgan fingerprint density at radius 3 is 2.30 bits per heavy atom. The third-order valence-corrected chi connectivity index (χ3v) is 2.97. The van der Waals surface area contributed by atoms with Gasteiger partial charge in [0.25, 0.3) is 0 Å². The number of nitrogens with zero attached hydrogens (tertiary/aromatic N) is 1. The van der Waals surface area contributed by atoms with Gasteiger partial charge in [0.15, 0.2) is 0 Å². The standard InChI is InChI=1S/C6H13NO2S/c1-10(2,8)7-3-5-9-6-4-7/h1,3-6H2,2H3. The lowest BCUT2D eigenvalue weighted by Crippen LogP contribution is -2.39. The molecule has 1 fully saturated rings. The summed E-state index contributed by atoms with van der Waals surface area (Å²) in [4.78, 5) is 0. The summed E-state index contributed by atoms with van der Waals surface area (Å²) in [6.45, 7) is 2.86. The van der Waals surface area contributed by atoms with E-state index in [4.69, 9.17) is 4.74 Å². The van der Waals surface area contributed by atoms with Crippen LogP contribution in [0.25, 0.3) is 0 Å². The summed E-state index contributed by atoms with van der Waals surface area (Å²) < 4.78 is 18.3. The molecular weight excluding hydrogens is 150 g/mol. The van der Waals surface area contributed by atoms with Crippen LogP contribution in [0.3, 0.4) is 0 Å². The minimum absolute atomic E-state index is 0.681. The van der Waals surface area contributed by atoms with Crippen molar-refractivity contribution in [1.82, 2.24) is 4.31 Å². The van der Waals surface area contributed by atoms with Crippen LogP contribution < -0.4 is 0 Å². The van der Waals surface area contributed by atoms with Gasteiger partial charge in [0.1, 0.15) is 0 Å². The Bertz CT molecular complexity index is 192. The van der Waals surface area contributed by atoms with Gasteiger partial charge >= 0.3 is 0 Å². The molecule has 10 heavy (non-hydrogen) atoms. The number of morpholine rings is 1. The zero-order valence-electron chi connectivity index (χ0n) is 6.21. The van der Waals surface area contributed by atoms with Crippen LogP contribution in [0.2, 0.25) is 0 Å². The van der Waals surface area contributed by atoms with Gasteiger partial charge in [-0.05, 0) is 5.87 Å². The molecule has 0 aliphatic carbocycles. The van der Waals surface area contributed by atoms with Crippen molar-refractivity contribution in [3.8, 4) is 0 Å². The first-order chi connectivity index (χ1) is 4.61. The molecule has 1 aliphatic heterocycles. The van der Waals surface area contributed by atoms with Gasteiger partial charge in [-0.25, -0.2) is 4.31 Å². The molecule has 4 heteroatoms. The highest BCUT2D eigenvalue weighted by Gasteiger charge is 2.14. The maximum atomic E-state index is 11.3. The summed E-state index contributed by atoms with van der Waals surface area (Å²) in [6.07, 6.45) is 1.66. The van der Waals surface area contributed by atoms with Crippen molar-refractivity contribution < 1.29 is 8.95 Å². The van der Waals surface area contributed by atoms with Gasteiger partial charge in [-0.2, -0.15) is 0 Å². The summed E-state index contributed by atoms with van der Waals surface area (Å²) >= 11 is 0. The highest BCUT2D eigenvalue weighted by molar-refractivity contribution is 7.97. The van der Waals surface area contributed by atoms with Gasteiger partial charge in [-0.1, -0.05) is 0 Å². The van der Waals surface area contributed by atoms with Crippen molar-refractivity contribution in [3.63, 3.8) is 0 Å². The first-order valence-corrected chi connectivity index (χ1v) is 5.35. The highest BCUT2D eigenvalue weighted by Crippen LogP contribution is 2.01. The van der Waals surface area contributed by atoms with Crippen molar-refractivity contribution in [1.29, 1.82) is 0 Å². The van der Waals surface area contributed by atoms with E-state index in [0.717, 1.165) is 13.1 Å². The van der Waals surface area contributed by atoms with Gasteiger partial charge in [-0.15, -0.1) is 0 Å². The van der Waals surface area contributed by atoms with Crippen molar-refractivity contribution >= 4 is 15.6 Å². The van der Waals surface area contributed by atoms with E-state index in [2.05, 4.69) is 5.87 Å². The van der Waals surface area contributed by atoms with Gasteiger partial charge in [0.05, 0.1) is 13.2 Å². The fourth-order valence-corrected chi connectivity index (χ4v) is 1.85. The summed E-state index contributed by atoms with van der Waals surface area (Å²) in [5.74, 6) is 3.59. The average molecular weight is 163 g/mol. The molecule has 1 rings (SSSR count). The Kier molecular flexibility index (Phi) is 2.33. The van der Waals surface area contributed by atoms with Gasteiger partial charge in [0, 0.05) is 29.1 Å². The fraction of sp³-hybridized carbons (Fsp3) is 0.833. The maximum absolute atomic E-state index is 11.3. The number of rotatable bonds is 1. The molecule has 1 heterocycles. The number of hydrogen-bond acceptors (Lipinski definition) is 2. The second-order valence-corrected chi connectivity index (χ2v) is 4.94. The molecule has 1 atom stereocenters. The molecule has 0 aromatic rings. The van der Waals surface area contributed by atoms with E-state index in [9.17, 15) is 4.21 Å². The molecule has 60 valence electrons. The Morgan fingerprint density at radius 1 is 1.50 bits per heavy atom. The quantitative estimate of drug-likeness (QED) is 0.491. The number of hydrogen-bond donors (Lipinski definition) is 0. The average Bonchev–Trinajstić information content (AvgIpc) is 1.88. The van der Waals surface area contributed by atoms with Crippen LogP contribution in [0, 0.1) is 0 Å². The normalized spacial score (nSPS) is 27.7. The third kappa shape index (κ3) is 1.97. The van der Waals surface area contributed by atoms with E-state index in [0.29, 0.717) is 13.2 Å². The smallest absolute Gasteiger partial charge is 0.0604 e. The Labute approximate surface area is 62.1 Å². The third-order valence-electron chi connectivity index (χ3n) is 1.52. The molecule has 1 unspecified atom stereocenters. The zero-order valence-corrected chi connectivity index (χ0v) is 7.02. The van der Waals surface area contributed by atoms with E-state index < -0.39 is 9.71 Å². The first-order valence-electron chi connectivity index (χ1n) is 3.26.